The van der Waals surface area contributed by atoms with E-state index in [1.165, 1.54) is 11.0 Å². The van der Waals surface area contributed by atoms with Gasteiger partial charge < -0.3 is 4.90 Å². The van der Waals surface area contributed by atoms with Gasteiger partial charge in [-0.3, -0.25) is 14.5 Å². The standard InChI is InChI=1S/C19H12BrF3N4O2S/c20-10-1-3-11(4-2-10)27-17(30)26(16(29)18(27)6-5-15(18)28)12-7-13(19(21,22)23)14(8-24)25-9-12/h1-4,7,9,17,30H,5-6H2. The van der Waals surface area contributed by atoms with Crippen molar-refractivity contribution in [2.75, 3.05) is 9.80 Å². The van der Waals surface area contributed by atoms with Gasteiger partial charge in [0.1, 0.15) is 6.07 Å². The van der Waals surface area contributed by atoms with Crippen molar-refractivity contribution >= 4 is 51.6 Å². The first-order valence-corrected chi connectivity index (χ1v) is 9.99. The summed E-state index contributed by atoms with van der Waals surface area (Å²) < 4.78 is 40.9. The average Bonchev–Trinajstić information content (AvgIpc) is 2.95. The van der Waals surface area contributed by atoms with E-state index in [0.29, 0.717) is 11.8 Å². The van der Waals surface area contributed by atoms with E-state index in [4.69, 9.17) is 5.26 Å². The number of anilines is 2. The highest BCUT2D eigenvalue weighted by atomic mass is 79.9. The molecule has 1 aliphatic heterocycles. The molecule has 11 heteroatoms. The van der Waals surface area contributed by atoms with Crippen LogP contribution in [0.3, 0.4) is 0 Å². The van der Waals surface area contributed by atoms with Gasteiger partial charge in [0, 0.05) is 16.6 Å². The second-order valence-electron chi connectivity index (χ2n) is 6.85. The third-order valence-corrected chi connectivity index (χ3v) is 6.28. The van der Waals surface area contributed by atoms with Crippen LogP contribution in [0.4, 0.5) is 24.5 Å². The minimum absolute atomic E-state index is 0.187. The molecule has 1 spiro atoms. The Hall–Kier alpha value is -2.58. The Balaban J connectivity index is 1.85. The number of hydrogen-bond acceptors (Lipinski definition) is 6. The van der Waals surface area contributed by atoms with Crippen molar-refractivity contribution < 1.29 is 22.8 Å². The lowest BCUT2D eigenvalue weighted by molar-refractivity contribution is -0.140. The van der Waals surface area contributed by atoms with Gasteiger partial charge in [-0.2, -0.15) is 18.4 Å². The average molecular weight is 497 g/mol. The van der Waals surface area contributed by atoms with Gasteiger partial charge in [-0.15, -0.1) is 12.6 Å². The van der Waals surface area contributed by atoms with Crippen LogP contribution in [0.5, 0.6) is 0 Å². The molecule has 1 aromatic heterocycles. The van der Waals surface area contributed by atoms with Gasteiger partial charge in [-0.05, 0) is 36.8 Å². The molecule has 4 rings (SSSR count). The van der Waals surface area contributed by atoms with E-state index in [9.17, 15) is 22.8 Å². The van der Waals surface area contributed by atoms with E-state index in [-0.39, 0.29) is 24.3 Å². The molecule has 0 radical (unpaired) electrons. The van der Waals surface area contributed by atoms with Gasteiger partial charge in [0.2, 0.25) is 0 Å². The number of pyridine rings is 1. The molecule has 1 aliphatic carbocycles. The zero-order valence-electron chi connectivity index (χ0n) is 15.0. The molecule has 2 aliphatic rings. The Morgan fingerprint density at radius 2 is 1.90 bits per heavy atom. The molecule has 2 unspecified atom stereocenters. The fraction of sp³-hybridized carbons (Fsp3) is 0.263. The predicted molar refractivity (Wildman–Crippen MR) is 108 cm³/mol. The number of carbonyl (C=O) groups excluding carboxylic acids is 2. The highest BCUT2D eigenvalue weighted by molar-refractivity contribution is 9.10. The first-order valence-electron chi connectivity index (χ1n) is 8.68. The summed E-state index contributed by atoms with van der Waals surface area (Å²) in [6, 6.07) is 8.93. The molecule has 2 atom stereocenters. The van der Waals surface area contributed by atoms with Gasteiger partial charge in [-0.25, -0.2) is 4.98 Å². The number of hydrogen-bond donors (Lipinski definition) is 1. The number of amides is 1. The number of rotatable bonds is 2. The van der Waals surface area contributed by atoms with Crippen LogP contribution in [0.1, 0.15) is 24.1 Å². The zero-order valence-corrected chi connectivity index (χ0v) is 17.5. The molecular formula is C19H12BrF3N4O2S. The molecule has 0 N–H and O–H groups in total. The Labute approximate surface area is 182 Å². The Bertz CT molecular complexity index is 1100. The fourth-order valence-corrected chi connectivity index (χ4v) is 4.59. The maximum absolute atomic E-state index is 13.4. The maximum Gasteiger partial charge on any atom is 0.419 e. The quantitative estimate of drug-likeness (QED) is 0.503. The number of nitrogens with zero attached hydrogens (tertiary/aromatic N) is 4. The number of carbonyl (C=O) groups is 2. The largest absolute Gasteiger partial charge is 0.419 e. The van der Waals surface area contributed by atoms with Crippen LogP contribution in [-0.2, 0) is 15.8 Å². The van der Waals surface area contributed by atoms with Crippen LogP contribution < -0.4 is 9.80 Å². The minimum atomic E-state index is -4.84. The van der Waals surface area contributed by atoms with Crippen LogP contribution in [-0.4, -0.2) is 27.7 Å². The fourth-order valence-electron chi connectivity index (χ4n) is 3.76. The number of alkyl halides is 3. The summed E-state index contributed by atoms with van der Waals surface area (Å²) in [6.07, 6.45) is -3.41. The van der Waals surface area contributed by atoms with E-state index < -0.39 is 34.4 Å². The Kier molecular flexibility index (Phi) is 4.82. The molecule has 154 valence electrons. The molecule has 1 saturated carbocycles. The van der Waals surface area contributed by atoms with Crippen molar-refractivity contribution in [3.05, 3.63) is 52.3 Å². The highest BCUT2D eigenvalue weighted by Crippen LogP contribution is 2.48. The van der Waals surface area contributed by atoms with Crippen LogP contribution >= 0.6 is 28.6 Å². The van der Waals surface area contributed by atoms with E-state index in [1.807, 2.05) is 0 Å². The number of ketones is 1. The van der Waals surface area contributed by atoms with E-state index in [2.05, 4.69) is 33.5 Å². The lowest BCUT2D eigenvalue weighted by atomic mass is 9.73. The molecule has 2 aromatic rings. The van der Waals surface area contributed by atoms with E-state index >= 15 is 0 Å². The van der Waals surface area contributed by atoms with Gasteiger partial charge in [0.05, 0.1) is 17.4 Å². The van der Waals surface area contributed by atoms with Crippen molar-refractivity contribution in [3.63, 3.8) is 0 Å². The third-order valence-electron chi connectivity index (χ3n) is 5.29. The smallest absolute Gasteiger partial charge is 0.321 e. The van der Waals surface area contributed by atoms with E-state index in [0.717, 1.165) is 15.6 Å². The van der Waals surface area contributed by atoms with Crippen molar-refractivity contribution in [3.8, 4) is 6.07 Å². The van der Waals surface area contributed by atoms with Crippen LogP contribution in [0.15, 0.2) is 41.0 Å². The lowest BCUT2D eigenvalue weighted by Crippen LogP contribution is -2.62. The first kappa shape index (κ1) is 20.7. The second kappa shape index (κ2) is 6.99. The summed E-state index contributed by atoms with van der Waals surface area (Å²) in [6.45, 7) is 0. The predicted octanol–water partition coefficient (Wildman–Crippen LogP) is 3.90. The number of aromatic nitrogens is 1. The minimum Gasteiger partial charge on any atom is -0.321 e. The maximum atomic E-state index is 13.4. The first-order chi connectivity index (χ1) is 14.1. The van der Waals surface area contributed by atoms with Crippen molar-refractivity contribution in [1.29, 1.82) is 5.26 Å². The summed E-state index contributed by atoms with van der Waals surface area (Å²) in [5.41, 5.74) is -4.28. The molecule has 2 fully saturated rings. The third kappa shape index (κ3) is 2.89. The highest BCUT2D eigenvalue weighted by Gasteiger charge is 2.65. The van der Waals surface area contributed by atoms with Gasteiger partial charge >= 0.3 is 6.18 Å². The number of Topliss-reactive ketones (excluding diaryl/α,β-unsaturated/α-hetero) is 1. The summed E-state index contributed by atoms with van der Waals surface area (Å²) >= 11 is 7.80. The lowest BCUT2D eigenvalue weighted by Gasteiger charge is -2.42. The van der Waals surface area contributed by atoms with Crippen LogP contribution in [0.25, 0.3) is 0 Å². The monoisotopic (exact) mass is 496 g/mol. The molecule has 2 heterocycles. The van der Waals surface area contributed by atoms with Gasteiger partial charge in [0.25, 0.3) is 5.91 Å². The van der Waals surface area contributed by atoms with E-state index in [1.54, 1.807) is 24.3 Å². The number of halogens is 4. The molecule has 6 nitrogen and oxygen atoms in total. The topological polar surface area (TPSA) is 77.3 Å². The Morgan fingerprint density at radius 3 is 2.40 bits per heavy atom. The molecule has 1 saturated heterocycles. The van der Waals surface area contributed by atoms with Crippen molar-refractivity contribution in [1.82, 2.24) is 4.98 Å². The van der Waals surface area contributed by atoms with Crippen LogP contribution in [0.2, 0.25) is 0 Å². The summed E-state index contributed by atoms with van der Waals surface area (Å²) in [7, 11) is 0. The summed E-state index contributed by atoms with van der Waals surface area (Å²) in [5, 5.41) is 8.96. The molecule has 1 amide bonds. The SMILES string of the molecule is N#Cc1ncc(N2C(=O)C3(CCC3=O)N(c3ccc(Br)cc3)C2S)cc1C(F)(F)F. The second-order valence-corrected chi connectivity index (χ2v) is 8.23. The summed E-state index contributed by atoms with van der Waals surface area (Å²) in [4.78, 5) is 32.0. The number of thiol groups is 1. The summed E-state index contributed by atoms with van der Waals surface area (Å²) in [5.74, 6) is -0.990. The molecule has 1 aromatic carbocycles. The number of benzene rings is 1. The Morgan fingerprint density at radius 1 is 1.23 bits per heavy atom. The molecule has 30 heavy (non-hydrogen) atoms. The number of nitriles is 1. The van der Waals surface area contributed by atoms with Gasteiger partial charge in [0.15, 0.2) is 22.5 Å². The van der Waals surface area contributed by atoms with Crippen molar-refractivity contribution in [2.45, 2.75) is 30.1 Å². The molecule has 0 bridgehead atoms. The zero-order chi connectivity index (χ0) is 21.8. The molecular weight excluding hydrogens is 485 g/mol. The normalized spacial score (nSPS) is 23.7. The van der Waals surface area contributed by atoms with Crippen molar-refractivity contribution in [2.24, 2.45) is 0 Å². The van der Waals surface area contributed by atoms with Gasteiger partial charge in [-0.1, -0.05) is 15.9 Å². The van der Waals surface area contributed by atoms with Crippen LogP contribution in [0, 0.1) is 11.3 Å².